The van der Waals surface area contributed by atoms with Crippen molar-refractivity contribution in [2.45, 2.75) is 33.3 Å². The molecule has 6 nitrogen and oxygen atoms in total. The van der Waals surface area contributed by atoms with Gasteiger partial charge in [0, 0.05) is 36.6 Å². The zero-order valence-electron chi connectivity index (χ0n) is 14.7. The number of hydrogen-bond acceptors (Lipinski definition) is 5. The lowest BCUT2D eigenvalue weighted by Crippen LogP contribution is -2.55. The Balaban J connectivity index is 1.67. The van der Waals surface area contributed by atoms with E-state index in [1.165, 1.54) is 0 Å². The standard InChI is InChI=1S/C19H21N3O3/c1-12-4-5-15(20-9-12)7-19(24)18-8-16(6-13(2)21-18)25-17-10-22(11-17)14(3)23/h4-6,8-9,17H,7,10-11H2,1-3H3. The maximum absolute atomic E-state index is 12.5. The maximum atomic E-state index is 12.5. The molecule has 0 unspecified atom stereocenters. The zero-order valence-corrected chi connectivity index (χ0v) is 14.7. The van der Waals surface area contributed by atoms with Gasteiger partial charge in [-0.05, 0) is 25.5 Å². The Morgan fingerprint density at radius 2 is 2.00 bits per heavy atom. The molecule has 0 spiro atoms. The molecule has 6 heteroatoms. The average Bonchev–Trinajstić information content (AvgIpc) is 2.51. The second kappa shape index (κ2) is 7.01. The lowest BCUT2D eigenvalue weighted by atomic mass is 10.1. The van der Waals surface area contributed by atoms with Gasteiger partial charge < -0.3 is 9.64 Å². The van der Waals surface area contributed by atoms with Crippen molar-refractivity contribution in [1.29, 1.82) is 0 Å². The highest BCUT2D eigenvalue weighted by atomic mass is 16.5. The first-order valence-electron chi connectivity index (χ1n) is 8.26. The lowest BCUT2D eigenvalue weighted by Gasteiger charge is -2.38. The van der Waals surface area contributed by atoms with Crippen LogP contribution in [0.2, 0.25) is 0 Å². The predicted molar refractivity (Wildman–Crippen MR) is 92.7 cm³/mol. The van der Waals surface area contributed by atoms with E-state index < -0.39 is 0 Å². The molecule has 1 fully saturated rings. The smallest absolute Gasteiger partial charge is 0.219 e. The fourth-order valence-electron chi connectivity index (χ4n) is 2.67. The van der Waals surface area contributed by atoms with Crippen LogP contribution in [0.15, 0.2) is 30.5 Å². The number of ketones is 1. The number of carbonyl (C=O) groups is 2. The van der Waals surface area contributed by atoms with Crippen LogP contribution in [0.4, 0.5) is 0 Å². The molecule has 0 aliphatic carbocycles. The van der Waals surface area contributed by atoms with Crippen LogP contribution in [0.1, 0.15) is 34.4 Å². The third kappa shape index (κ3) is 4.21. The maximum Gasteiger partial charge on any atom is 0.219 e. The number of nitrogens with zero attached hydrogens (tertiary/aromatic N) is 3. The Morgan fingerprint density at radius 1 is 1.24 bits per heavy atom. The molecular weight excluding hydrogens is 318 g/mol. The van der Waals surface area contributed by atoms with E-state index in [0.717, 1.165) is 17.0 Å². The van der Waals surface area contributed by atoms with Crippen LogP contribution in [0.25, 0.3) is 0 Å². The normalized spacial score (nSPS) is 14.1. The van der Waals surface area contributed by atoms with E-state index >= 15 is 0 Å². The number of likely N-dealkylation sites (tertiary alicyclic amines) is 1. The average molecular weight is 339 g/mol. The molecule has 2 aromatic heterocycles. The summed E-state index contributed by atoms with van der Waals surface area (Å²) in [7, 11) is 0. The van der Waals surface area contributed by atoms with E-state index in [0.29, 0.717) is 24.5 Å². The Morgan fingerprint density at radius 3 is 2.64 bits per heavy atom. The molecular formula is C19H21N3O3. The van der Waals surface area contributed by atoms with Crippen molar-refractivity contribution in [3.05, 3.63) is 53.1 Å². The fraction of sp³-hybridized carbons (Fsp3) is 0.368. The predicted octanol–water partition coefficient (Wildman–Crippen LogP) is 2.13. The quantitative estimate of drug-likeness (QED) is 0.780. The van der Waals surface area contributed by atoms with Gasteiger partial charge in [0.15, 0.2) is 5.78 Å². The van der Waals surface area contributed by atoms with E-state index in [1.807, 2.05) is 26.0 Å². The molecule has 25 heavy (non-hydrogen) atoms. The van der Waals surface area contributed by atoms with E-state index in [4.69, 9.17) is 4.74 Å². The van der Waals surface area contributed by atoms with Gasteiger partial charge in [-0.2, -0.15) is 0 Å². The number of Topliss-reactive ketones (excluding diaryl/α,β-unsaturated/α-hetero) is 1. The molecule has 1 amide bonds. The van der Waals surface area contributed by atoms with Gasteiger partial charge in [0.2, 0.25) is 5.91 Å². The molecule has 0 bridgehead atoms. The van der Waals surface area contributed by atoms with Gasteiger partial charge in [0.25, 0.3) is 0 Å². The van der Waals surface area contributed by atoms with E-state index in [9.17, 15) is 9.59 Å². The summed E-state index contributed by atoms with van der Waals surface area (Å²) < 4.78 is 5.87. The summed E-state index contributed by atoms with van der Waals surface area (Å²) in [5, 5.41) is 0. The molecule has 1 saturated heterocycles. The molecule has 1 aliphatic rings. The number of hydrogen-bond donors (Lipinski definition) is 0. The van der Waals surface area contributed by atoms with Gasteiger partial charge in [-0.15, -0.1) is 0 Å². The van der Waals surface area contributed by atoms with Crippen LogP contribution in [-0.4, -0.2) is 45.8 Å². The Bertz CT molecular complexity index is 796. The highest BCUT2D eigenvalue weighted by Crippen LogP contribution is 2.20. The lowest BCUT2D eigenvalue weighted by molar-refractivity contribution is -0.137. The monoisotopic (exact) mass is 339 g/mol. The van der Waals surface area contributed by atoms with Crippen LogP contribution < -0.4 is 4.74 Å². The molecule has 130 valence electrons. The van der Waals surface area contributed by atoms with Crippen molar-refractivity contribution in [3.63, 3.8) is 0 Å². The van der Waals surface area contributed by atoms with Gasteiger partial charge >= 0.3 is 0 Å². The summed E-state index contributed by atoms with van der Waals surface area (Å²) in [6.45, 7) is 6.48. The van der Waals surface area contributed by atoms with Crippen molar-refractivity contribution < 1.29 is 14.3 Å². The fourth-order valence-corrected chi connectivity index (χ4v) is 2.67. The SMILES string of the molecule is CC(=O)N1CC(Oc2cc(C)nc(C(=O)Cc3ccc(C)cn3)c2)C1. The molecule has 3 heterocycles. The topological polar surface area (TPSA) is 72.4 Å². The summed E-state index contributed by atoms with van der Waals surface area (Å²) in [4.78, 5) is 34.0. The first-order chi connectivity index (χ1) is 11.9. The molecule has 0 atom stereocenters. The second-order valence-electron chi connectivity index (χ2n) is 6.42. The van der Waals surface area contributed by atoms with Crippen LogP contribution in [0.5, 0.6) is 5.75 Å². The molecule has 0 aromatic carbocycles. The number of aryl methyl sites for hydroxylation is 2. The Hall–Kier alpha value is -2.76. The van der Waals surface area contributed by atoms with E-state index in [1.54, 1.807) is 30.2 Å². The molecule has 3 rings (SSSR count). The van der Waals surface area contributed by atoms with Crippen molar-refractivity contribution in [2.75, 3.05) is 13.1 Å². The first-order valence-corrected chi connectivity index (χ1v) is 8.26. The molecule has 0 N–H and O–H groups in total. The number of carbonyl (C=O) groups excluding carboxylic acids is 2. The third-order valence-corrected chi connectivity index (χ3v) is 4.12. The summed E-state index contributed by atoms with van der Waals surface area (Å²) in [5.74, 6) is 0.567. The van der Waals surface area contributed by atoms with Gasteiger partial charge in [0.05, 0.1) is 19.5 Å². The second-order valence-corrected chi connectivity index (χ2v) is 6.42. The summed E-state index contributed by atoms with van der Waals surface area (Å²) in [5.41, 5.74) is 2.87. The zero-order chi connectivity index (χ0) is 18.0. The largest absolute Gasteiger partial charge is 0.487 e. The number of pyridine rings is 2. The summed E-state index contributed by atoms with van der Waals surface area (Å²) in [6.07, 6.45) is 1.92. The van der Waals surface area contributed by atoms with Gasteiger partial charge in [0.1, 0.15) is 17.5 Å². The van der Waals surface area contributed by atoms with Crippen molar-refractivity contribution in [2.24, 2.45) is 0 Å². The van der Waals surface area contributed by atoms with Crippen LogP contribution in [-0.2, 0) is 11.2 Å². The summed E-state index contributed by atoms with van der Waals surface area (Å²) >= 11 is 0. The van der Waals surface area contributed by atoms with Crippen molar-refractivity contribution in [1.82, 2.24) is 14.9 Å². The Labute approximate surface area is 146 Å². The highest BCUT2D eigenvalue weighted by molar-refractivity contribution is 5.95. The third-order valence-electron chi connectivity index (χ3n) is 4.12. The minimum absolute atomic E-state index is 0.0348. The van der Waals surface area contributed by atoms with E-state index in [2.05, 4.69) is 9.97 Å². The van der Waals surface area contributed by atoms with Gasteiger partial charge in [-0.25, -0.2) is 4.98 Å². The Kier molecular flexibility index (Phi) is 4.79. The number of ether oxygens (including phenoxy) is 1. The van der Waals surface area contributed by atoms with Crippen LogP contribution >= 0.6 is 0 Å². The minimum atomic E-state index is -0.0936. The van der Waals surface area contributed by atoms with E-state index in [-0.39, 0.29) is 24.2 Å². The summed E-state index contributed by atoms with van der Waals surface area (Å²) in [6, 6.07) is 7.26. The van der Waals surface area contributed by atoms with Crippen molar-refractivity contribution >= 4 is 11.7 Å². The highest BCUT2D eigenvalue weighted by Gasteiger charge is 2.30. The van der Waals surface area contributed by atoms with Crippen LogP contribution in [0, 0.1) is 13.8 Å². The molecule has 0 saturated carbocycles. The molecule has 2 aromatic rings. The number of rotatable bonds is 5. The molecule has 0 radical (unpaired) electrons. The number of aromatic nitrogens is 2. The van der Waals surface area contributed by atoms with Crippen LogP contribution in [0.3, 0.4) is 0 Å². The number of amides is 1. The molecule has 1 aliphatic heterocycles. The van der Waals surface area contributed by atoms with Crippen molar-refractivity contribution in [3.8, 4) is 5.75 Å². The minimum Gasteiger partial charge on any atom is -0.487 e. The first kappa shape index (κ1) is 17.1. The van der Waals surface area contributed by atoms with Gasteiger partial charge in [-0.3, -0.25) is 14.6 Å². The van der Waals surface area contributed by atoms with Gasteiger partial charge in [-0.1, -0.05) is 6.07 Å².